The van der Waals surface area contributed by atoms with E-state index < -0.39 is 28.5 Å². The van der Waals surface area contributed by atoms with Crippen LogP contribution in [0.5, 0.6) is 11.5 Å². The Balaban J connectivity index is 1.61. The molecule has 3 aromatic rings. The number of amides is 2. The molecular weight excluding hydrogens is 463 g/mol. The summed E-state index contributed by atoms with van der Waals surface area (Å²) < 4.78 is 24.1. The molecule has 12 heteroatoms. The van der Waals surface area contributed by atoms with E-state index >= 15 is 0 Å². The highest BCUT2D eigenvalue weighted by Crippen LogP contribution is 2.28. The van der Waals surface area contributed by atoms with Crippen LogP contribution in [-0.4, -0.2) is 36.0 Å². The molecular formula is C23H17FN4O7. The fourth-order valence-electron chi connectivity index (χ4n) is 2.68. The first-order chi connectivity index (χ1) is 16.8. The minimum Gasteiger partial charge on any atom is -0.493 e. The Morgan fingerprint density at radius 2 is 1.71 bits per heavy atom. The van der Waals surface area contributed by atoms with Crippen molar-refractivity contribution in [3.05, 3.63) is 93.8 Å². The first-order valence-electron chi connectivity index (χ1n) is 9.82. The lowest BCUT2D eigenvalue weighted by atomic mass is 10.2. The van der Waals surface area contributed by atoms with Gasteiger partial charge in [-0.25, -0.2) is 14.6 Å². The van der Waals surface area contributed by atoms with Crippen LogP contribution in [0.3, 0.4) is 0 Å². The Labute approximate surface area is 197 Å². The minimum atomic E-state index is -1.12. The number of benzene rings is 3. The van der Waals surface area contributed by atoms with E-state index in [0.717, 1.165) is 6.07 Å². The van der Waals surface area contributed by atoms with Gasteiger partial charge in [-0.05, 0) is 48.0 Å². The van der Waals surface area contributed by atoms with Crippen molar-refractivity contribution in [1.82, 2.24) is 5.43 Å². The van der Waals surface area contributed by atoms with Gasteiger partial charge in [0, 0.05) is 12.1 Å². The number of hydrogen-bond donors (Lipinski definition) is 2. The van der Waals surface area contributed by atoms with Crippen LogP contribution < -0.4 is 20.2 Å². The summed E-state index contributed by atoms with van der Waals surface area (Å²) in [7, 11) is 1.34. The molecule has 0 aliphatic heterocycles. The van der Waals surface area contributed by atoms with Crippen molar-refractivity contribution in [2.75, 3.05) is 12.4 Å². The summed E-state index contributed by atoms with van der Waals surface area (Å²) in [6, 6.07) is 14.6. The number of nitro benzene ring substituents is 1. The molecule has 3 rings (SSSR count). The zero-order chi connectivity index (χ0) is 25.4. The first-order valence-corrected chi connectivity index (χ1v) is 9.82. The van der Waals surface area contributed by atoms with E-state index in [1.165, 1.54) is 74.0 Å². The predicted molar refractivity (Wildman–Crippen MR) is 122 cm³/mol. The number of nitro groups is 1. The highest BCUT2D eigenvalue weighted by molar-refractivity contribution is 6.39. The largest absolute Gasteiger partial charge is 0.493 e. The number of methoxy groups -OCH3 is 1. The van der Waals surface area contributed by atoms with Crippen molar-refractivity contribution in [3.8, 4) is 11.5 Å². The molecule has 0 heterocycles. The molecule has 2 amide bonds. The fourth-order valence-corrected chi connectivity index (χ4v) is 2.68. The second kappa shape index (κ2) is 11.1. The molecule has 0 fully saturated rings. The van der Waals surface area contributed by atoms with Crippen LogP contribution in [0.15, 0.2) is 71.8 Å². The zero-order valence-electron chi connectivity index (χ0n) is 18.1. The monoisotopic (exact) mass is 480 g/mol. The average Bonchev–Trinajstić information content (AvgIpc) is 2.86. The standard InChI is InChI=1S/C23H17FN4O7/c1-34-20-12-14(13-25-27-22(30)21(29)26-18-5-3-2-4-17(18)24)6-11-19(20)35-23(31)15-7-9-16(10-8-15)28(32)33/h2-13H,1H3,(H,26,29)(H,27,30)/b25-13+. The van der Waals surface area contributed by atoms with Gasteiger partial charge in [-0.15, -0.1) is 0 Å². The van der Waals surface area contributed by atoms with Crippen LogP contribution in [0.2, 0.25) is 0 Å². The summed E-state index contributed by atoms with van der Waals surface area (Å²) in [5.41, 5.74) is 2.21. The Morgan fingerprint density at radius 3 is 2.37 bits per heavy atom. The molecule has 0 aromatic heterocycles. The van der Waals surface area contributed by atoms with Gasteiger partial charge in [0.1, 0.15) is 5.82 Å². The van der Waals surface area contributed by atoms with Crippen LogP contribution in [0.25, 0.3) is 0 Å². The van der Waals surface area contributed by atoms with E-state index in [4.69, 9.17) is 9.47 Å². The molecule has 35 heavy (non-hydrogen) atoms. The SMILES string of the molecule is COc1cc(/C=N/NC(=O)C(=O)Nc2ccccc2F)ccc1OC(=O)c1ccc([N+](=O)[O-])cc1. The van der Waals surface area contributed by atoms with Crippen molar-refractivity contribution in [3.63, 3.8) is 0 Å². The highest BCUT2D eigenvalue weighted by atomic mass is 19.1. The topological polar surface area (TPSA) is 149 Å². The third kappa shape index (κ3) is 6.44. The fraction of sp³-hybridized carbons (Fsp3) is 0.0435. The molecule has 0 unspecified atom stereocenters. The molecule has 0 radical (unpaired) electrons. The number of esters is 1. The number of ether oxygens (including phenoxy) is 2. The maximum absolute atomic E-state index is 13.6. The number of anilines is 1. The van der Waals surface area contributed by atoms with Gasteiger partial charge in [0.15, 0.2) is 11.5 Å². The van der Waals surface area contributed by atoms with Gasteiger partial charge in [0.2, 0.25) is 0 Å². The van der Waals surface area contributed by atoms with E-state index in [2.05, 4.69) is 10.4 Å². The number of para-hydroxylation sites is 1. The number of nitrogens with one attached hydrogen (secondary N) is 2. The van der Waals surface area contributed by atoms with Crippen molar-refractivity contribution in [2.45, 2.75) is 0 Å². The van der Waals surface area contributed by atoms with Gasteiger partial charge in [-0.1, -0.05) is 12.1 Å². The maximum Gasteiger partial charge on any atom is 0.343 e. The number of non-ortho nitro benzene ring substituents is 1. The molecule has 3 aromatic carbocycles. The maximum atomic E-state index is 13.6. The van der Waals surface area contributed by atoms with Crippen LogP contribution in [0, 0.1) is 15.9 Å². The van der Waals surface area contributed by atoms with Gasteiger partial charge >= 0.3 is 17.8 Å². The van der Waals surface area contributed by atoms with E-state index in [1.54, 1.807) is 0 Å². The first kappa shape index (κ1) is 24.5. The number of hydrogen-bond acceptors (Lipinski definition) is 8. The lowest BCUT2D eigenvalue weighted by Gasteiger charge is -2.10. The summed E-state index contributed by atoms with van der Waals surface area (Å²) in [4.78, 5) is 46.2. The molecule has 0 bridgehead atoms. The lowest BCUT2D eigenvalue weighted by molar-refractivity contribution is -0.384. The number of rotatable bonds is 7. The molecule has 0 spiro atoms. The predicted octanol–water partition coefficient (Wildman–Crippen LogP) is 3.05. The van der Waals surface area contributed by atoms with E-state index in [9.17, 15) is 28.9 Å². The van der Waals surface area contributed by atoms with Crippen molar-refractivity contribution in [2.24, 2.45) is 5.10 Å². The number of carbonyl (C=O) groups excluding carboxylic acids is 3. The molecule has 2 N–H and O–H groups in total. The van der Waals surface area contributed by atoms with Crippen molar-refractivity contribution in [1.29, 1.82) is 0 Å². The Kier molecular flexibility index (Phi) is 7.80. The third-order valence-corrected chi connectivity index (χ3v) is 4.41. The van der Waals surface area contributed by atoms with Gasteiger partial charge in [0.05, 0.1) is 29.5 Å². The molecule has 0 aliphatic rings. The van der Waals surface area contributed by atoms with Gasteiger partial charge in [-0.3, -0.25) is 19.7 Å². The molecule has 0 atom stereocenters. The summed E-state index contributed by atoms with van der Waals surface area (Å²) in [5, 5.41) is 16.5. The summed E-state index contributed by atoms with van der Waals surface area (Å²) in [5.74, 6) is -3.45. The number of nitrogens with zero attached hydrogens (tertiary/aromatic N) is 2. The van der Waals surface area contributed by atoms with Crippen LogP contribution in [-0.2, 0) is 9.59 Å². The lowest BCUT2D eigenvalue weighted by Crippen LogP contribution is -2.32. The van der Waals surface area contributed by atoms with Gasteiger partial charge in [-0.2, -0.15) is 5.10 Å². The Morgan fingerprint density at radius 1 is 1.00 bits per heavy atom. The molecule has 0 saturated carbocycles. The molecule has 0 saturated heterocycles. The molecule has 178 valence electrons. The average molecular weight is 480 g/mol. The summed E-state index contributed by atoms with van der Waals surface area (Å²) >= 11 is 0. The van der Waals surface area contributed by atoms with Gasteiger partial charge in [0.25, 0.3) is 5.69 Å². The summed E-state index contributed by atoms with van der Waals surface area (Å²) in [6.45, 7) is 0. The quantitative estimate of drug-likeness (QED) is 0.132. The third-order valence-electron chi connectivity index (χ3n) is 4.41. The van der Waals surface area contributed by atoms with Crippen LogP contribution in [0.1, 0.15) is 15.9 Å². The van der Waals surface area contributed by atoms with Gasteiger partial charge < -0.3 is 14.8 Å². The van der Waals surface area contributed by atoms with E-state index in [1.807, 2.05) is 5.43 Å². The number of halogens is 1. The van der Waals surface area contributed by atoms with Crippen LogP contribution in [0.4, 0.5) is 15.8 Å². The molecule has 0 aliphatic carbocycles. The van der Waals surface area contributed by atoms with E-state index in [0.29, 0.717) is 5.56 Å². The van der Waals surface area contributed by atoms with Crippen molar-refractivity contribution >= 4 is 35.4 Å². The zero-order valence-corrected chi connectivity index (χ0v) is 18.1. The smallest absolute Gasteiger partial charge is 0.343 e. The minimum absolute atomic E-state index is 0.0707. The van der Waals surface area contributed by atoms with Crippen LogP contribution >= 0.6 is 0 Å². The highest BCUT2D eigenvalue weighted by Gasteiger charge is 2.16. The second-order valence-corrected chi connectivity index (χ2v) is 6.74. The number of hydrazone groups is 1. The second-order valence-electron chi connectivity index (χ2n) is 6.74. The Hall–Kier alpha value is -5.13. The van der Waals surface area contributed by atoms with Crippen molar-refractivity contribution < 1.29 is 33.2 Å². The normalized spacial score (nSPS) is 10.5. The Bertz CT molecular complexity index is 1310. The molecule has 11 nitrogen and oxygen atoms in total. The summed E-state index contributed by atoms with van der Waals surface area (Å²) in [6.07, 6.45) is 1.21. The van der Waals surface area contributed by atoms with E-state index in [-0.39, 0.29) is 28.4 Å². The number of carbonyl (C=O) groups is 3.